The number of nitrogens with one attached hydrogen (secondary N) is 2. The van der Waals surface area contributed by atoms with E-state index in [4.69, 9.17) is 4.74 Å². The van der Waals surface area contributed by atoms with E-state index in [1.54, 1.807) is 6.20 Å². The number of piperidine rings is 1. The molecular weight excluding hydrogens is 382 g/mol. The van der Waals surface area contributed by atoms with Crippen molar-refractivity contribution in [2.45, 2.75) is 44.9 Å². The number of carbonyl (C=O) groups is 2. The summed E-state index contributed by atoms with van der Waals surface area (Å²) in [6.45, 7) is 6.34. The third kappa shape index (κ3) is 4.18. The smallest absolute Gasteiger partial charge is 0.317 e. The molecule has 1 spiro atoms. The highest BCUT2D eigenvalue weighted by Crippen LogP contribution is 2.40. The molecule has 3 amide bonds. The van der Waals surface area contributed by atoms with Gasteiger partial charge >= 0.3 is 6.03 Å². The Morgan fingerprint density at radius 3 is 2.67 bits per heavy atom. The van der Waals surface area contributed by atoms with Crippen molar-refractivity contribution in [3.63, 3.8) is 0 Å². The van der Waals surface area contributed by atoms with Gasteiger partial charge in [0.2, 0.25) is 0 Å². The minimum atomic E-state index is -0.657. The van der Waals surface area contributed by atoms with E-state index in [2.05, 4.69) is 29.5 Å². The molecule has 1 aromatic heterocycles. The van der Waals surface area contributed by atoms with E-state index >= 15 is 0 Å². The molecule has 4 rings (SSSR count). The topological polar surface area (TPSA) is 88.5 Å². The summed E-state index contributed by atoms with van der Waals surface area (Å²) in [7, 11) is 0. The Kier molecular flexibility index (Phi) is 5.76. The van der Waals surface area contributed by atoms with Gasteiger partial charge < -0.3 is 24.8 Å². The van der Waals surface area contributed by atoms with Crippen molar-refractivity contribution in [3.05, 3.63) is 48.5 Å². The highest BCUT2D eigenvalue weighted by molar-refractivity contribution is 5.94. The lowest BCUT2D eigenvalue weighted by Crippen LogP contribution is -2.55. The van der Waals surface area contributed by atoms with Gasteiger partial charge in [-0.15, -0.1) is 0 Å². The van der Waals surface area contributed by atoms with Gasteiger partial charge in [0.1, 0.15) is 11.4 Å². The van der Waals surface area contributed by atoms with Gasteiger partial charge in [0.25, 0.3) is 5.91 Å². The molecule has 1 aromatic carbocycles. The third-order valence-electron chi connectivity index (χ3n) is 5.71. The quantitative estimate of drug-likeness (QED) is 0.809. The molecule has 1 fully saturated rings. The van der Waals surface area contributed by atoms with Crippen molar-refractivity contribution in [2.24, 2.45) is 5.92 Å². The second-order valence-electron chi connectivity index (χ2n) is 8.43. The van der Waals surface area contributed by atoms with Crippen LogP contribution in [0.1, 0.15) is 32.5 Å². The Hall–Kier alpha value is -2.87. The molecule has 2 N–H and O–H groups in total. The number of para-hydroxylation sites is 1. The Labute approximate surface area is 176 Å². The average Bonchev–Trinajstić information content (AvgIpc) is 3.23. The van der Waals surface area contributed by atoms with Gasteiger partial charge in [0, 0.05) is 50.6 Å². The van der Waals surface area contributed by atoms with Crippen molar-refractivity contribution in [3.8, 4) is 0 Å². The molecule has 1 atom stereocenters. The molecule has 2 aliphatic heterocycles. The van der Waals surface area contributed by atoms with E-state index in [9.17, 15) is 9.59 Å². The zero-order chi connectivity index (χ0) is 21.1. The minimum Gasteiger partial charge on any atom is -0.352 e. The molecule has 0 aliphatic carbocycles. The number of hydrogen-bond acceptors (Lipinski definition) is 4. The number of benzene rings is 1. The summed E-state index contributed by atoms with van der Waals surface area (Å²) in [5, 5.41) is 5.91. The van der Waals surface area contributed by atoms with Crippen molar-refractivity contribution in [2.75, 3.05) is 25.0 Å². The maximum atomic E-state index is 12.9. The minimum absolute atomic E-state index is 0.0453. The molecular formula is C22H29N5O3. The summed E-state index contributed by atoms with van der Waals surface area (Å²) in [6.07, 6.45) is 4.24. The van der Waals surface area contributed by atoms with Gasteiger partial charge in [-0.2, -0.15) is 0 Å². The van der Waals surface area contributed by atoms with Crippen LogP contribution in [-0.4, -0.2) is 52.1 Å². The fraction of sp³-hybridized carbons (Fsp3) is 0.500. The fourth-order valence-electron chi connectivity index (χ4n) is 4.09. The van der Waals surface area contributed by atoms with E-state index in [-0.39, 0.29) is 11.9 Å². The summed E-state index contributed by atoms with van der Waals surface area (Å²) in [5.41, 5.74) is 0.0863. The van der Waals surface area contributed by atoms with Crippen LogP contribution in [-0.2, 0) is 21.7 Å². The van der Waals surface area contributed by atoms with Crippen LogP contribution in [0.2, 0.25) is 0 Å². The van der Waals surface area contributed by atoms with E-state index in [1.165, 1.54) is 0 Å². The first-order valence-corrected chi connectivity index (χ1v) is 10.5. The lowest BCUT2D eigenvalue weighted by atomic mass is 9.88. The van der Waals surface area contributed by atoms with Crippen LogP contribution in [0.25, 0.3) is 0 Å². The number of nitrogens with zero attached hydrogens (tertiary/aromatic N) is 3. The van der Waals surface area contributed by atoms with Crippen LogP contribution in [0.3, 0.4) is 0 Å². The molecule has 1 saturated heterocycles. The fourth-order valence-corrected chi connectivity index (χ4v) is 4.09. The Morgan fingerprint density at radius 1 is 1.23 bits per heavy atom. The first kappa shape index (κ1) is 20.4. The number of imidazole rings is 1. The number of ether oxygens (including phenoxy) is 1. The molecule has 8 heteroatoms. The number of aromatic nitrogens is 2. The summed E-state index contributed by atoms with van der Waals surface area (Å²) < 4.78 is 8.41. The first-order valence-electron chi connectivity index (χ1n) is 10.5. The number of rotatable bonds is 4. The molecule has 8 nitrogen and oxygen atoms in total. The van der Waals surface area contributed by atoms with Crippen LogP contribution in [0.15, 0.2) is 42.7 Å². The number of anilines is 1. The summed E-state index contributed by atoms with van der Waals surface area (Å²) in [5.74, 6) is 1.08. The van der Waals surface area contributed by atoms with Gasteiger partial charge in [-0.1, -0.05) is 32.0 Å². The molecule has 0 saturated carbocycles. The van der Waals surface area contributed by atoms with Crippen LogP contribution in [0, 0.1) is 5.92 Å². The normalized spacial score (nSPS) is 20.1. The van der Waals surface area contributed by atoms with Crippen molar-refractivity contribution in [1.29, 1.82) is 0 Å². The first-order chi connectivity index (χ1) is 14.5. The Balaban J connectivity index is 1.45. The Morgan fingerprint density at radius 2 is 1.97 bits per heavy atom. The number of fused-ring (bicyclic) bond motifs is 2. The largest absolute Gasteiger partial charge is 0.352 e. The zero-order valence-corrected chi connectivity index (χ0v) is 17.5. The molecule has 3 heterocycles. The molecule has 0 bridgehead atoms. The predicted molar refractivity (Wildman–Crippen MR) is 113 cm³/mol. The highest BCUT2D eigenvalue weighted by atomic mass is 16.5. The maximum absolute atomic E-state index is 12.9. The number of urea groups is 1. The van der Waals surface area contributed by atoms with E-state index < -0.39 is 11.7 Å². The summed E-state index contributed by atoms with van der Waals surface area (Å²) >= 11 is 0. The van der Waals surface area contributed by atoms with Crippen LogP contribution < -0.4 is 10.6 Å². The molecule has 2 aromatic rings. The van der Waals surface area contributed by atoms with Gasteiger partial charge in [-0.3, -0.25) is 4.79 Å². The second-order valence-corrected chi connectivity index (χ2v) is 8.43. The van der Waals surface area contributed by atoms with Gasteiger partial charge in [0.15, 0.2) is 6.10 Å². The molecule has 2 aliphatic rings. The van der Waals surface area contributed by atoms with Gasteiger partial charge in [0.05, 0.1) is 6.54 Å². The van der Waals surface area contributed by atoms with Gasteiger partial charge in [-0.05, 0) is 18.1 Å². The van der Waals surface area contributed by atoms with E-state index in [1.807, 2.05) is 46.0 Å². The van der Waals surface area contributed by atoms with Gasteiger partial charge in [-0.25, -0.2) is 9.78 Å². The summed E-state index contributed by atoms with van der Waals surface area (Å²) in [4.78, 5) is 31.7. The number of carbonyl (C=O) groups excluding carboxylic acids is 2. The molecule has 160 valence electrons. The molecule has 30 heavy (non-hydrogen) atoms. The number of likely N-dealkylation sites (tertiary alicyclic amines) is 1. The van der Waals surface area contributed by atoms with E-state index in [0.29, 0.717) is 44.9 Å². The van der Waals surface area contributed by atoms with Crippen molar-refractivity contribution >= 4 is 17.6 Å². The standard InChI is InChI=1S/C22H29N5O3/c1-16(2)14-24-21(29)26-11-8-22(9-12-26)20-23-10-13-27(20)15-18(30-22)19(28)25-17-6-4-3-5-7-17/h3-7,10,13,16,18H,8-9,11-12,14-15H2,1-2H3,(H,24,29)(H,25,28). The maximum Gasteiger partial charge on any atom is 0.317 e. The van der Waals surface area contributed by atoms with E-state index in [0.717, 1.165) is 11.5 Å². The predicted octanol–water partition coefficient (Wildman–Crippen LogP) is 2.58. The Bertz CT molecular complexity index is 887. The second kappa shape index (κ2) is 8.47. The SMILES string of the molecule is CC(C)CNC(=O)N1CCC2(CC1)OC(C(=O)Nc1ccccc1)Cn1ccnc12. The zero-order valence-electron chi connectivity index (χ0n) is 17.5. The number of hydrogen-bond donors (Lipinski definition) is 2. The van der Waals surface area contributed by atoms with Crippen LogP contribution >= 0.6 is 0 Å². The molecule has 0 radical (unpaired) electrons. The third-order valence-corrected chi connectivity index (χ3v) is 5.71. The lowest BCUT2D eigenvalue weighted by molar-refractivity contribution is -0.167. The summed E-state index contributed by atoms with van der Waals surface area (Å²) in [6, 6.07) is 9.33. The van der Waals surface area contributed by atoms with Crippen molar-refractivity contribution < 1.29 is 14.3 Å². The van der Waals surface area contributed by atoms with Crippen LogP contribution in [0.5, 0.6) is 0 Å². The lowest BCUT2D eigenvalue weighted by Gasteiger charge is -2.45. The van der Waals surface area contributed by atoms with Crippen molar-refractivity contribution in [1.82, 2.24) is 19.8 Å². The number of amides is 3. The van der Waals surface area contributed by atoms with Crippen LogP contribution in [0.4, 0.5) is 10.5 Å². The molecule has 1 unspecified atom stereocenters. The highest BCUT2D eigenvalue weighted by Gasteiger charge is 2.47. The average molecular weight is 412 g/mol. The monoisotopic (exact) mass is 411 g/mol.